The summed E-state index contributed by atoms with van der Waals surface area (Å²) in [5, 5.41) is 0. The molecule has 0 unspecified atom stereocenters. The van der Waals surface area contributed by atoms with E-state index in [4.69, 9.17) is 4.74 Å². The van der Waals surface area contributed by atoms with Crippen LogP contribution in [0.15, 0.2) is 18.3 Å². The average molecular weight is 153 g/mol. The molecule has 11 heavy (non-hydrogen) atoms. The molecule has 0 radical (unpaired) electrons. The predicted octanol–water partition coefficient (Wildman–Crippen LogP) is 2.33. The molecule has 0 amide bonds. The van der Waals surface area contributed by atoms with Crippen molar-refractivity contribution in [2.45, 2.75) is 26.4 Å². The normalized spacial score (nSPS) is 10.3. The standard InChI is InChI=1S/C9H15NO/c1-2-3-7-11-8-9-5-4-6-10-9/h4-6,10H,2-3,7-8H2,1H3. The Balaban J connectivity index is 2.04. The van der Waals surface area contributed by atoms with Gasteiger partial charge in [0, 0.05) is 18.5 Å². The largest absolute Gasteiger partial charge is 0.375 e. The molecular weight excluding hydrogens is 138 g/mol. The highest BCUT2D eigenvalue weighted by atomic mass is 16.5. The molecule has 0 aliphatic carbocycles. The number of ether oxygens (including phenoxy) is 1. The van der Waals surface area contributed by atoms with Gasteiger partial charge in [-0.2, -0.15) is 0 Å². The summed E-state index contributed by atoms with van der Waals surface area (Å²) in [6.45, 7) is 3.75. The van der Waals surface area contributed by atoms with Crippen LogP contribution in [0.1, 0.15) is 25.5 Å². The van der Waals surface area contributed by atoms with E-state index < -0.39 is 0 Å². The van der Waals surface area contributed by atoms with Crippen molar-refractivity contribution >= 4 is 0 Å². The van der Waals surface area contributed by atoms with Crippen LogP contribution in [0.4, 0.5) is 0 Å². The lowest BCUT2D eigenvalue weighted by Crippen LogP contribution is -1.94. The van der Waals surface area contributed by atoms with Gasteiger partial charge in [-0.15, -0.1) is 0 Å². The summed E-state index contributed by atoms with van der Waals surface area (Å²) in [4.78, 5) is 3.09. The molecule has 0 spiro atoms. The SMILES string of the molecule is CCCCOCc1ccc[nH]1. The van der Waals surface area contributed by atoms with E-state index in [9.17, 15) is 0 Å². The van der Waals surface area contributed by atoms with Gasteiger partial charge in [0.25, 0.3) is 0 Å². The molecule has 2 nitrogen and oxygen atoms in total. The van der Waals surface area contributed by atoms with Gasteiger partial charge in [0.05, 0.1) is 6.61 Å². The number of rotatable bonds is 5. The number of hydrogen-bond donors (Lipinski definition) is 1. The summed E-state index contributed by atoms with van der Waals surface area (Å²) in [5.74, 6) is 0. The minimum Gasteiger partial charge on any atom is -0.375 e. The van der Waals surface area contributed by atoms with Gasteiger partial charge in [0.2, 0.25) is 0 Å². The zero-order chi connectivity index (χ0) is 7.94. The average Bonchev–Trinajstić information content (AvgIpc) is 2.50. The number of aromatic nitrogens is 1. The molecule has 2 heteroatoms. The van der Waals surface area contributed by atoms with Crippen molar-refractivity contribution in [3.05, 3.63) is 24.0 Å². The zero-order valence-corrected chi connectivity index (χ0v) is 6.97. The Hall–Kier alpha value is -0.760. The number of hydrogen-bond acceptors (Lipinski definition) is 1. The van der Waals surface area contributed by atoms with E-state index in [1.807, 2.05) is 18.3 Å². The van der Waals surface area contributed by atoms with E-state index >= 15 is 0 Å². The first-order valence-corrected chi connectivity index (χ1v) is 4.13. The summed E-state index contributed by atoms with van der Waals surface area (Å²) in [6.07, 6.45) is 4.27. The summed E-state index contributed by atoms with van der Waals surface area (Å²) in [6, 6.07) is 4.02. The zero-order valence-electron chi connectivity index (χ0n) is 6.97. The van der Waals surface area contributed by atoms with Gasteiger partial charge in [0.1, 0.15) is 0 Å². The van der Waals surface area contributed by atoms with Crippen LogP contribution >= 0.6 is 0 Å². The molecule has 0 aliphatic heterocycles. The van der Waals surface area contributed by atoms with E-state index in [2.05, 4.69) is 11.9 Å². The lowest BCUT2D eigenvalue weighted by Gasteiger charge is -1.99. The van der Waals surface area contributed by atoms with Crippen LogP contribution in [0.3, 0.4) is 0 Å². The quantitative estimate of drug-likeness (QED) is 0.645. The monoisotopic (exact) mass is 153 g/mol. The molecule has 1 rings (SSSR count). The molecule has 1 N–H and O–H groups in total. The predicted molar refractivity (Wildman–Crippen MR) is 45.4 cm³/mol. The summed E-state index contributed by atoms with van der Waals surface area (Å²) < 4.78 is 5.39. The van der Waals surface area contributed by atoms with Gasteiger partial charge < -0.3 is 9.72 Å². The highest BCUT2D eigenvalue weighted by molar-refractivity contribution is 5.01. The molecule has 62 valence electrons. The van der Waals surface area contributed by atoms with Crippen LogP contribution in [-0.4, -0.2) is 11.6 Å². The molecule has 0 bridgehead atoms. The second-order valence-electron chi connectivity index (χ2n) is 2.60. The van der Waals surface area contributed by atoms with E-state index in [0.717, 1.165) is 18.7 Å². The van der Waals surface area contributed by atoms with Crippen molar-refractivity contribution < 1.29 is 4.74 Å². The molecule has 0 saturated heterocycles. The van der Waals surface area contributed by atoms with Gasteiger partial charge in [-0.3, -0.25) is 0 Å². The molecule has 0 atom stereocenters. The molecule has 1 aromatic rings. The second kappa shape index (κ2) is 4.97. The van der Waals surface area contributed by atoms with Gasteiger partial charge in [0.15, 0.2) is 0 Å². The molecule has 1 aromatic heterocycles. The Kier molecular flexibility index (Phi) is 3.76. The Morgan fingerprint density at radius 1 is 1.55 bits per heavy atom. The van der Waals surface area contributed by atoms with Crippen LogP contribution in [0.5, 0.6) is 0 Å². The molecule has 0 fully saturated rings. The van der Waals surface area contributed by atoms with Crippen molar-refractivity contribution in [2.75, 3.05) is 6.61 Å². The molecule has 0 saturated carbocycles. The molecule has 1 heterocycles. The fraction of sp³-hybridized carbons (Fsp3) is 0.556. The number of nitrogens with one attached hydrogen (secondary N) is 1. The van der Waals surface area contributed by atoms with Crippen molar-refractivity contribution in [1.82, 2.24) is 4.98 Å². The van der Waals surface area contributed by atoms with Crippen molar-refractivity contribution in [1.29, 1.82) is 0 Å². The van der Waals surface area contributed by atoms with Crippen LogP contribution < -0.4 is 0 Å². The first-order chi connectivity index (χ1) is 5.43. The highest BCUT2D eigenvalue weighted by Gasteiger charge is 1.90. The fourth-order valence-electron chi connectivity index (χ4n) is 0.886. The van der Waals surface area contributed by atoms with Crippen LogP contribution in [0, 0.1) is 0 Å². The van der Waals surface area contributed by atoms with Gasteiger partial charge in [-0.25, -0.2) is 0 Å². The first-order valence-electron chi connectivity index (χ1n) is 4.13. The smallest absolute Gasteiger partial charge is 0.0865 e. The molecule has 0 aliphatic rings. The summed E-state index contributed by atoms with van der Waals surface area (Å²) in [5.41, 5.74) is 1.15. The van der Waals surface area contributed by atoms with Crippen LogP contribution in [0.25, 0.3) is 0 Å². The highest BCUT2D eigenvalue weighted by Crippen LogP contribution is 1.97. The third kappa shape index (κ3) is 3.23. The lowest BCUT2D eigenvalue weighted by molar-refractivity contribution is 0.116. The number of unbranched alkanes of at least 4 members (excludes halogenated alkanes) is 1. The minimum absolute atomic E-state index is 0.715. The van der Waals surface area contributed by atoms with Gasteiger partial charge in [-0.1, -0.05) is 13.3 Å². The molecule has 0 aromatic carbocycles. The number of aromatic amines is 1. The third-order valence-electron chi connectivity index (χ3n) is 1.56. The van der Waals surface area contributed by atoms with Crippen molar-refractivity contribution in [3.63, 3.8) is 0 Å². The van der Waals surface area contributed by atoms with Crippen molar-refractivity contribution in [2.24, 2.45) is 0 Å². The Bertz CT molecular complexity index is 170. The Morgan fingerprint density at radius 3 is 3.09 bits per heavy atom. The maximum Gasteiger partial charge on any atom is 0.0865 e. The summed E-state index contributed by atoms with van der Waals surface area (Å²) in [7, 11) is 0. The Labute approximate surface area is 67.6 Å². The van der Waals surface area contributed by atoms with Crippen LogP contribution in [-0.2, 0) is 11.3 Å². The van der Waals surface area contributed by atoms with E-state index in [1.54, 1.807) is 0 Å². The maximum atomic E-state index is 5.39. The second-order valence-corrected chi connectivity index (χ2v) is 2.60. The van der Waals surface area contributed by atoms with Gasteiger partial charge >= 0.3 is 0 Å². The van der Waals surface area contributed by atoms with Gasteiger partial charge in [-0.05, 0) is 18.6 Å². The summed E-state index contributed by atoms with van der Waals surface area (Å²) >= 11 is 0. The topological polar surface area (TPSA) is 25.0 Å². The van der Waals surface area contributed by atoms with Crippen LogP contribution in [0.2, 0.25) is 0 Å². The van der Waals surface area contributed by atoms with E-state index in [0.29, 0.717) is 6.61 Å². The van der Waals surface area contributed by atoms with Crippen molar-refractivity contribution in [3.8, 4) is 0 Å². The lowest BCUT2D eigenvalue weighted by atomic mass is 10.4. The Morgan fingerprint density at radius 2 is 2.45 bits per heavy atom. The fourth-order valence-corrected chi connectivity index (χ4v) is 0.886. The van der Waals surface area contributed by atoms with E-state index in [1.165, 1.54) is 6.42 Å². The number of H-pyrrole nitrogens is 1. The molecular formula is C9H15NO. The van der Waals surface area contributed by atoms with E-state index in [-0.39, 0.29) is 0 Å². The third-order valence-corrected chi connectivity index (χ3v) is 1.56. The minimum atomic E-state index is 0.715. The first kappa shape index (κ1) is 8.34. The maximum absolute atomic E-state index is 5.39.